The van der Waals surface area contributed by atoms with E-state index in [-0.39, 0.29) is 23.9 Å². The van der Waals surface area contributed by atoms with Crippen molar-refractivity contribution in [3.05, 3.63) is 90.0 Å². The minimum Gasteiger partial charge on any atom is -0.493 e. The van der Waals surface area contributed by atoms with Gasteiger partial charge in [-0.05, 0) is 56.7 Å². The van der Waals surface area contributed by atoms with Crippen molar-refractivity contribution in [2.24, 2.45) is 0 Å². The smallest absolute Gasteiger partial charge is 0.251 e. The van der Waals surface area contributed by atoms with Gasteiger partial charge in [0.2, 0.25) is 5.91 Å². The second-order valence-corrected chi connectivity index (χ2v) is 8.80. The summed E-state index contributed by atoms with van der Waals surface area (Å²) in [6.07, 6.45) is 0.814. The molecule has 0 aromatic heterocycles. The van der Waals surface area contributed by atoms with Crippen molar-refractivity contribution in [1.82, 2.24) is 5.32 Å². The van der Waals surface area contributed by atoms with Crippen LogP contribution in [0.25, 0.3) is 0 Å². The molecular weight excluding hydrogens is 414 g/mol. The molecular formula is C27H31N3O3. The first-order valence-electron chi connectivity index (χ1n) is 11.0. The molecule has 0 aliphatic heterocycles. The normalized spacial score (nSPS) is 10.9. The van der Waals surface area contributed by atoms with Gasteiger partial charge in [-0.2, -0.15) is 0 Å². The number of carbonyl (C=O) groups excluding carboxylic acids is 2. The van der Waals surface area contributed by atoms with Crippen LogP contribution in [-0.2, 0) is 11.2 Å². The number of carbonyl (C=O) groups is 2. The molecule has 0 spiro atoms. The Bertz CT molecular complexity index is 1080. The lowest BCUT2D eigenvalue weighted by Crippen LogP contribution is -2.40. The number of ether oxygens (including phenoxy) is 1. The first kappa shape index (κ1) is 23.9. The second-order valence-electron chi connectivity index (χ2n) is 8.80. The number of hydrogen-bond acceptors (Lipinski definition) is 4. The Labute approximate surface area is 195 Å². The topological polar surface area (TPSA) is 79.5 Å². The van der Waals surface area contributed by atoms with Crippen LogP contribution in [0.2, 0.25) is 0 Å². The molecule has 2 amide bonds. The van der Waals surface area contributed by atoms with Crippen molar-refractivity contribution in [2.45, 2.75) is 32.7 Å². The summed E-state index contributed by atoms with van der Waals surface area (Å²) >= 11 is 0. The number of amides is 2. The Kier molecular flexibility index (Phi) is 8.08. The number of rotatable bonds is 9. The lowest BCUT2D eigenvalue weighted by atomic mass is 10.1. The van der Waals surface area contributed by atoms with Crippen molar-refractivity contribution in [3.63, 3.8) is 0 Å². The molecule has 0 bridgehead atoms. The zero-order valence-electron chi connectivity index (χ0n) is 19.4. The van der Waals surface area contributed by atoms with E-state index >= 15 is 0 Å². The van der Waals surface area contributed by atoms with Crippen molar-refractivity contribution in [1.29, 1.82) is 0 Å². The highest BCUT2D eigenvalue weighted by molar-refractivity contribution is 5.96. The fraction of sp³-hybridized carbons (Fsp3) is 0.259. The summed E-state index contributed by atoms with van der Waals surface area (Å²) in [5.74, 6) is 0.356. The van der Waals surface area contributed by atoms with Gasteiger partial charge in [0.25, 0.3) is 5.91 Å². The molecule has 0 aliphatic rings. The molecule has 3 aromatic rings. The highest BCUT2D eigenvalue weighted by Crippen LogP contribution is 2.18. The van der Waals surface area contributed by atoms with Crippen molar-refractivity contribution < 1.29 is 14.3 Å². The summed E-state index contributed by atoms with van der Waals surface area (Å²) in [7, 11) is 0. The molecule has 0 saturated heterocycles. The molecule has 0 saturated carbocycles. The predicted octanol–water partition coefficient (Wildman–Crippen LogP) is 4.89. The van der Waals surface area contributed by atoms with E-state index in [2.05, 4.69) is 28.1 Å². The highest BCUT2D eigenvalue weighted by atomic mass is 16.5. The van der Waals surface area contributed by atoms with E-state index in [0.29, 0.717) is 29.3 Å². The number of anilines is 2. The molecule has 0 atom stereocenters. The quantitative estimate of drug-likeness (QED) is 0.438. The fourth-order valence-electron chi connectivity index (χ4n) is 3.17. The molecule has 6 nitrogen and oxygen atoms in total. The Balaban J connectivity index is 1.48. The Morgan fingerprint density at radius 3 is 2.33 bits per heavy atom. The van der Waals surface area contributed by atoms with Gasteiger partial charge >= 0.3 is 0 Å². The Morgan fingerprint density at radius 1 is 0.848 bits per heavy atom. The van der Waals surface area contributed by atoms with E-state index in [0.717, 1.165) is 6.42 Å². The van der Waals surface area contributed by atoms with Crippen molar-refractivity contribution in [3.8, 4) is 5.75 Å². The molecule has 0 unspecified atom stereocenters. The molecule has 172 valence electrons. The van der Waals surface area contributed by atoms with Crippen LogP contribution >= 0.6 is 0 Å². The van der Waals surface area contributed by atoms with E-state index in [1.807, 2.05) is 63.2 Å². The monoisotopic (exact) mass is 445 g/mol. The largest absolute Gasteiger partial charge is 0.493 e. The molecule has 3 rings (SSSR count). The van der Waals surface area contributed by atoms with Crippen LogP contribution < -0.4 is 20.7 Å². The summed E-state index contributed by atoms with van der Waals surface area (Å²) in [6.45, 7) is 6.42. The number of nitrogens with one attached hydrogen (secondary N) is 3. The molecule has 0 heterocycles. The van der Waals surface area contributed by atoms with Crippen LogP contribution in [0.3, 0.4) is 0 Å². The average molecular weight is 446 g/mol. The maximum atomic E-state index is 12.4. The van der Waals surface area contributed by atoms with Crippen LogP contribution in [0.15, 0.2) is 78.9 Å². The molecule has 3 N–H and O–H groups in total. The lowest BCUT2D eigenvalue weighted by Gasteiger charge is -2.20. The average Bonchev–Trinajstić information content (AvgIpc) is 2.78. The third-order valence-electron chi connectivity index (χ3n) is 4.69. The van der Waals surface area contributed by atoms with Gasteiger partial charge in [-0.1, -0.05) is 42.5 Å². The van der Waals surface area contributed by atoms with Gasteiger partial charge in [-0.3, -0.25) is 9.59 Å². The lowest BCUT2D eigenvalue weighted by molar-refractivity contribution is -0.114. The molecule has 3 aromatic carbocycles. The zero-order valence-corrected chi connectivity index (χ0v) is 19.4. The number of benzene rings is 3. The first-order valence-corrected chi connectivity index (χ1v) is 11.0. The Morgan fingerprint density at radius 2 is 1.58 bits per heavy atom. The van der Waals surface area contributed by atoms with Gasteiger partial charge in [0.1, 0.15) is 5.75 Å². The third kappa shape index (κ3) is 8.33. The third-order valence-corrected chi connectivity index (χ3v) is 4.69. The predicted molar refractivity (Wildman–Crippen MR) is 133 cm³/mol. The van der Waals surface area contributed by atoms with E-state index < -0.39 is 0 Å². The maximum Gasteiger partial charge on any atom is 0.251 e. The van der Waals surface area contributed by atoms with Crippen LogP contribution in [0.4, 0.5) is 11.4 Å². The molecule has 0 radical (unpaired) electrons. The van der Waals surface area contributed by atoms with Crippen LogP contribution in [0.5, 0.6) is 5.75 Å². The summed E-state index contributed by atoms with van der Waals surface area (Å²) in [5, 5.41) is 8.87. The van der Waals surface area contributed by atoms with Crippen molar-refractivity contribution >= 4 is 23.2 Å². The SMILES string of the molecule is CC(C)(C)NC(=O)c1cccc(NCC(=O)Nc2cccc(OCCc3ccccc3)c2)c1. The van der Waals surface area contributed by atoms with Crippen LogP contribution in [0.1, 0.15) is 36.7 Å². The zero-order chi connectivity index (χ0) is 23.7. The highest BCUT2D eigenvalue weighted by Gasteiger charge is 2.15. The van der Waals surface area contributed by atoms with Crippen molar-refractivity contribution in [2.75, 3.05) is 23.8 Å². The summed E-state index contributed by atoms with van der Waals surface area (Å²) in [6, 6.07) is 24.6. The van der Waals surface area contributed by atoms with Gasteiger partial charge < -0.3 is 20.7 Å². The minimum absolute atomic E-state index is 0.0729. The van der Waals surface area contributed by atoms with Gasteiger partial charge in [0, 0.05) is 35.0 Å². The van der Waals surface area contributed by atoms with E-state index in [1.165, 1.54) is 5.56 Å². The summed E-state index contributed by atoms with van der Waals surface area (Å²) < 4.78 is 5.83. The standard InChI is InChI=1S/C27H31N3O3/c1-27(2,3)30-26(32)21-11-7-12-22(17-21)28-19-25(31)29-23-13-8-14-24(18-23)33-16-15-20-9-5-4-6-10-20/h4-14,17-18,28H,15-16,19H2,1-3H3,(H,29,31)(H,30,32). The maximum absolute atomic E-state index is 12.4. The second kappa shape index (κ2) is 11.2. The van der Waals surface area contributed by atoms with E-state index in [4.69, 9.17) is 4.74 Å². The summed E-state index contributed by atoms with van der Waals surface area (Å²) in [5.41, 5.74) is 2.80. The van der Waals surface area contributed by atoms with Gasteiger partial charge in [0.05, 0.1) is 13.2 Å². The first-order chi connectivity index (χ1) is 15.8. The van der Waals surface area contributed by atoms with E-state index in [9.17, 15) is 9.59 Å². The van der Waals surface area contributed by atoms with Crippen LogP contribution in [-0.4, -0.2) is 30.5 Å². The van der Waals surface area contributed by atoms with Gasteiger partial charge in [-0.15, -0.1) is 0 Å². The van der Waals surface area contributed by atoms with Gasteiger partial charge in [0.15, 0.2) is 0 Å². The fourth-order valence-corrected chi connectivity index (χ4v) is 3.17. The van der Waals surface area contributed by atoms with E-state index in [1.54, 1.807) is 24.3 Å². The van der Waals surface area contributed by atoms with Crippen LogP contribution in [0, 0.1) is 0 Å². The van der Waals surface area contributed by atoms with Gasteiger partial charge in [-0.25, -0.2) is 0 Å². The Hall–Kier alpha value is -3.80. The minimum atomic E-state index is -0.319. The molecule has 33 heavy (non-hydrogen) atoms. The molecule has 0 fully saturated rings. The molecule has 0 aliphatic carbocycles. The molecule has 6 heteroatoms. The number of hydrogen-bond donors (Lipinski definition) is 3. The summed E-state index contributed by atoms with van der Waals surface area (Å²) in [4.78, 5) is 24.8.